The molecule has 0 spiro atoms. The molecule has 0 fully saturated rings. The summed E-state index contributed by atoms with van der Waals surface area (Å²) >= 11 is 13.2. The van der Waals surface area contributed by atoms with Gasteiger partial charge in [-0.2, -0.15) is 0 Å². The van der Waals surface area contributed by atoms with E-state index in [0.29, 0.717) is 28.2 Å². The quantitative estimate of drug-likeness (QED) is 0.255. The minimum absolute atomic E-state index is 0.0388. The Kier molecular flexibility index (Phi) is 8.91. The average molecular weight is 534 g/mol. The van der Waals surface area contributed by atoms with E-state index in [2.05, 4.69) is 27.4 Å². The van der Waals surface area contributed by atoms with E-state index in [9.17, 15) is 14.4 Å². The highest BCUT2D eigenvalue weighted by atomic mass is 35.5. The maximum absolute atomic E-state index is 12.7. The van der Waals surface area contributed by atoms with Crippen LogP contribution in [0.4, 0.5) is 5.69 Å². The maximum Gasteiger partial charge on any atom is 0.335 e. The molecule has 35 heavy (non-hydrogen) atoms. The fraction of sp³-hybridized carbons (Fsp3) is 0.174. The van der Waals surface area contributed by atoms with Crippen molar-refractivity contribution < 1.29 is 19.5 Å². The summed E-state index contributed by atoms with van der Waals surface area (Å²) in [5.74, 6) is -1.22. The molecule has 1 heterocycles. The fourth-order valence-corrected chi connectivity index (χ4v) is 4.31. The Morgan fingerprint density at radius 1 is 1.17 bits per heavy atom. The minimum atomic E-state index is -1.04. The molecule has 0 saturated heterocycles. The molecule has 0 radical (unpaired) electrons. The molecule has 3 rings (SSSR count). The van der Waals surface area contributed by atoms with E-state index in [1.165, 1.54) is 48.2 Å². The number of carboxylic acids is 1. The third kappa shape index (κ3) is 6.84. The van der Waals surface area contributed by atoms with Crippen LogP contribution < -0.4 is 10.6 Å². The molecule has 0 bridgehead atoms. The number of hydrogen-bond donors (Lipinski definition) is 3. The number of aromatic nitrogens is 3. The Hall–Kier alpha value is -3.34. The molecule has 1 atom stereocenters. The van der Waals surface area contributed by atoms with Gasteiger partial charge < -0.3 is 20.3 Å². The Balaban J connectivity index is 1.66. The monoisotopic (exact) mass is 533 g/mol. The minimum Gasteiger partial charge on any atom is -0.478 e. The number of nitrogens with zero attached hydrogens (tertiary/aromatic N) is 3. The van der Waals surface area contributed by atoms with Crippen LogP contribution in [-0.4, -0.2) is 43.4 Å². The molecule has 0 aliphatic heterocycles. The van der Waals surface area contributed by atoms with Gasteiger partial charge in [0.25, 0.3) is 5.91 Å². The van der Waals surface area contributed by atoms with Crippen molar-refractivity contribution in [2.45, 2.75) is 24.7 Å². The van der Waals surface area contributed by atoms with Gasteiger partial charge in [-0.25, -0.2) is 4.79 Å². The van der Waals surface area contributed by atoms with Crippen LogP contribution in [0.25, 0.3) is 0 Å². The molecule has 0 saturated carbocycles. The van der Waals surface area contributed by atoms with E-state index in [0.717, 1.165) is 0 Å². The molecule has 3 aromatic rings. The van der Waals surface area contributed by atoms with Gasteiger partial charge in [-0.15, -0.1) is 16.8 Å². The van der Waals surface area contributed by atoms with Crippen LogP contribution in [0.3, 0.4) is 0 Å². The van der Waals surface area contributed by atoms with E-state index in [1.54, 1.807) is 23.6 Å². The van der Waals surface area contributed by atoms with E-state index < -0.39 is 17.9 Å². The van der Waals surface area contributed by atoms with E-state index in [-0.39, 0.29) is 27.8 Å². The van der Waals surface area contributed by atoms with Crippen LogP contribution >= 0.6 is 35.0 Å². The summed E-state index contributed by atoms with van der Waals surface area (Å²) in [5.41, 5.74) is 0.883. The lowest BCUT2D eigenvalue weighted by molar-refractivity contribution is -0.113. The van der Waals surface area contributed by atoms with Gasteiger partial charge in [0.15, 0.2) is 11.0 Å². The van der Waals surface area contributed by atoms with Gasteiger partial charge >= 0.3 is 5.97 Å². The molecular formula is C23H21Cl2N5O4S. The number of nitrogens with one attached hydrogen (secondary N) is 2. The third-order valence-corrected chi connectivity index (χ3v) is 6.23. The molecule has 0 aliphatic carbocycles. The van der Waals surface area contributed by atoms with E-state index >= 15 is 0 Å². The molecule has 1 unspecified atom stereocenters. The first-order valence-electron chi connectivity index (χ1n) is 10.3. The zero-order chi connectivity index (χ0) is 25.5. The van der Waals surface area contributed by atoms with Crippen LogP contribution in [-0.2, 0) is 11.3 Å². The van der Waals surface area contributed by atoms with Gasteiger partial charge in [0, 0.05) is 17.3 Å². The summed E-state index contributed by atoms with van der Waals surface area (Å²) in [6.07, 6.45) is 1.66. The molecule has 1 aromatic heterocycles. The molecule has 2 aromatic carbocycles. The highest BCUT2D eigenvalue weighted by Gasteiger charge is 2.21. The molecule has 3 N–H and O–H groups in total. The highest BCUT2D eigenvalue weighted by Crippen LogP contribution is 2.24. The van der Waals surface area contributed by atoms with Crippen molar-refractivity contribution in [3.05, 3.63) is 82.1 Å². The Bertz CT molecular complexity index is 1260. The summed E-state index contributed by atoms with van der Waals surface area (Å²) in [6.45, 7) is 5.88. The number of hydrogen-bond acceptors (Lipinski definition) is 6. The number of amides is 2. The van der Waals surface area contributed by atoms with Gasteiger partial charge in [-0.3, -0.25) is 9.59 Å². The van der Waals surface area contributed by atoms with Crippen LogP contribution in [0, 0.1) is 0 Å². The third-order valence-electron chi connectivity index (χ3n) is 4.72. The second-order valence-electron chi connectivity index (χ2n) is 7.28. The van der Waals surface area contributed by atoms with E-state index in [1.807, 2.05) is 0 Å². The largest absolute Gasteiger partial charge is 0.478 e. The fourth-order valence-electron chi connectivity index (χ4n) is 3.06. The molecule has 182 valence electrons. The summed E-state index contributed by atoms with van der Waals surface area (Å²) in [5, 5.41) is 24.0. The van der Waals surface area contributed by atoms with Crippen LogP contribution in [0.5, 0.6) is 0 Å². The first-order valence-corrected chi connectivity index (χ1v) is 12.0. The molecule has 0 aliphatic rings. The zero-order valence-corrected chi connectivity index (χ0v) is 20.8. The lowest BCUT2D eigenvalue weighted by Gasteiger charge is -2.16. The summed E-state index contributed by atoms with van der Waals surface area (Å²) in [7, 11) is 0. The Labute approximate surface area is 215 Å². The number of thioether (sulfide) groups is 1. The molecule has 12 heteroatoms. The first-order chi connectivity index (χ1) is 16.7. The average Bonchev–Trinajstić information content (AvgIpc) is 3.21. The second kappa shape index (κ2) is 11.9. The molecular weight excluding hydrogens is 513 g/mol. The van der Waals surface area contributed by atoms with Crippen molar-refractivity contribution in [3.63, 3.8) is 0 Å². The Morgan fingerprint density at radius 2 is 1.89 bits per heavy atom. The number of anilines is 1. The van der Waals surface area contributed by atoms with E-state index in [4.69, 9.17) is 28.3 Å². The summed E-state index contributed by atoms with van der Waals surface area (Å²) in [4.78, 5) is 36.0. The number of carbonyl (C=O) groups is 3. The molecule has 2 amide bonds. The van der Waals surface area contributed by atoms with Crippen molar-refractivity contribution >= 4 is 58.4 Å². The predicted molar refractivity (Wildman–Crippen MR) is 135 cm³/mol. The number of carbonyl (C=O) groups excluding carboxylic acids is 2. The smallest absolute Gasteiger partial charge is 0.335 e. The molecule has 9 nitrogen and oxygen atoms in total. The summed E-state index contributed by atoms with van der Waals surface area (Å²) in [6, 6.07) is 9.93. The highest BCUT2D eigenvalue weighted by molar-refractivity contribution is 7.99. The standard InChI is InChI=1S/C23H21Cl2N5O4S/c1-3-10-30-20(13(2)26-21(32)17-9-6-15(24)11-18(17)25)28-29-23(30)35-12-19(31)27-16-7-4-14(5-8-16)22(33)34/h3-9,11,13H,1,10,12H2,2H3,(H,26,32)(H,27,31)(H,33,34). The normalized spacial score (nSPS) is 11.5. The number of carboxylic acid groups (broad SMARTS) is 1. The van der Waals surface area contributed by atoms with Gasteiger partial charge in [0.2, 0.25) is 5.91 Å². The second-order valence-corrected chi connectivity index (χ2v) is 9.06. The van der Waals surface area contributed by atoms with Crippen molar-refractivity contribution in [1.29, 1.82) is 0 Å². The lowest BCUT2D eigenvalue weighted by Crippen LogP contribution is -2.29. The van der Waals surface area contributed by atoms with Gasteiger partial charge in [-0.1, -0.05) is 41.0 Å². The predicted octanol–water partition coefficient (Wildman–Crippen LogP) is 4.69. The number of aromatic carboxylic acids is 1. The zero-order valence-electron chi connectivity index (χ0n) is 18.5. The Morgan fingerprint density at radius 3 is 2.51 bits per heavy atom. The van der Waals surface area contributed by atoms with Crippen LogP contribution in [0.2, 0.25) is 10.0 Å². The topological polar surface area (TPSA) is 126 Å². The van der Waals surface area contributed by atoms with Crippen molar-refractivity contribution in [3.8, 4) is 0 Å². The first kappa shape index (κ1) is 26.3. The van der Waals surface area contributed by atoms with Crippen LogP contribution in [0.15, 0.2) is 60.3 Å². The van der Waals surface area contributed by atoms with Gasteiger partial charge in [0.1, 0.15) is 0 Å². The van der Waals surface area contributed by atoms with Crippen molar-refractivity contribution in [2.75, 3.05) is 11.1 Å². The maximum atomic E-state index is 12.7. The van der Waals surface area contributed by atoms with Crippen molar-refractivity contribution in [1.82, 2.24) is 20.1 Å². The lowest BCUT2D eigenvalue weighted by atomic mass is 10.2. The summed E-state index contributed by atoms with van der Waals surface area (Å²) < 4.78 is 1.75. The number of allylic oxidation sites excluding steroid dienone is 1. The number of benzene rings is 2. The number of halogens is 2. The van der Waals surface area contributed by atoms with Crippen molar-refractivity contribution in [2.24, 2.45) is 0 Å². The SMILES string of the molecule is C=CCn1c(SCC(=O)Nc2ccc(C(=O)O)cc2)nnc1C(C)NC(=O)c1ccc(Cl)cc1Cl. The van der Waals surface area contributed by atoms with Crippen LogP contribution in [0.1, 0.15) is 39.5 Å². The van der Waals surface area contributed by atoms with Gasteiger partial charge in [0.05, 0.1) is 27.9 Å². The van der Waals surface area contributed by atoms with Gasteiger partial charge in [-0.05, 0) is 49.4 Å². The number of rotatable bonds is 10.